The lowest BCUT2D eigenvalue weighted by molar-refractivity contribution is 0.459. The quantitative estimate of drug-likeness (QED) is 0.697. The molecular formula is C11H17NO. The maximum atomic E-state index is 11.6. The third-order valence-electron chi connectivity index (χ3n) is 2.42. The molecule has 0 bridgehead atoms. The summed E-state index contributed by atoms with van der Waals surface area (Å²) >= 11 is 0. The van der Waals surface area contributed by atoms with Crippen molar-refractivity contribution in [2.45, 2.75) is 33.7 Å². The standard InChI is InChI=1S/C11H17NO/c1-4-9(2)8-12-7-5-6-10(3)11(12)13/h5-7,9H,4,8H2,1-3H3. The van der Waals surface area contributed by atoms with Crippen molar-refractivity contribution in [2.75, 3.05) is 0 Å². The summed E-state index contributed by atoms with van der Waals surface area (Å²) in [6, 6.07) is 3.79. The SMILES string of the molecule is CCC(C)Cn1cccc(C)c1=O. The summed E-state index contributed by atoms with van der Waals surface area (Å²) in [4.78, 5) is 11.6. The first kappa shape index (κ1) is 10.0. The summed E-state index contributed by atoms with van der Waals surface area (Å²) in [6.45, 7) is 6.99. The molecule has 0 fully saturated rings. The Morgan fingerprint density at radius 2 is 2.23 bits per heavy atom. The molecule has 0 radical (unpaired) electrons. The molecule has 1 aromatic rings. The molecule has 13 heavy (non-hydrogen) atoms. The van der Waals surface area contributed by atoms with Crippen molar-refractivity contribution in [2.24, 2.45) is 5.92 Å². The first-order valence-corrected chi connectivity index (χ1v) is 4.81. The van der Waals surface area contributed by atoms with Crippen molar-refractivity contribution < 1.29 is 0 Å². The van der Waals surface area contributed by atoms with E-state index in [0.29, 0.717) is 5.92 Å². The van der Waals surface area contributed by atoms with Crippen LogP contribution in [0.15, 0.2) is 23.1 Å². The van der Waals surface area contributed by atoms with Crippen molar-refractivity contribution in [1.29, 1.82) is 0 Å². The third-order valence-corrected chi connectivity index (χ3v) is 2.42. The lowest BCUT2D eigenvalue weighted by Crippen LogP contribution is -2.23. The van der Waals surface area contributed by atoms with Crippen molar-refractivity contribution in [3.05, 3.63) is 34.2 Å². The molecule has 0 saturated heterocycles. The van der Waals surface area contributed by atoms with Gasteiger partial charge in [-0.1, -0.05) is 26.3 Å². The fraction of sp³-hybridized carbons (Fsp3) is 0.545. The van der Waals surface area contributed by atoms with Gasteiger partial charge in [0.1, 0.15) is 0 Å². The second-order valence-corrected chi connectivity index (χ2v) is 3.66. The molecule has 0 aliphatic heterocycles. The monoisotopic (exact) mass is 179 g/mol. The molecule has 1 atom stereocenters. The van der Waals surface area contributed by atoms with E-state index >= 15 is 0 Å². The number of pyridine rings is 1. The number of rotatable bonds is 3. The van der Waals surface area contributed by atoms with Crippen LogP contribution >= 0.6 is 0 Å². The van der Waals surface area contributed by atoms with Crippen LogP contribution in [0.25, 0.3) is 0 Å². The normalized spacial score (nSPS) is 12.8. The van der Waals surface area contributed by atoms with Crippen molar-refractivity contribution in [3.63, 3.8) is 0 Å². The number of nitrogens with zero attached hydrogens (tertiary/aromatic N) is 1. The van der Waals surface area contributed by atoms with Crippen LogP contribution in [-0.4, -0.2) is 4.57 Å². The van der Waals surface area contributed by atoms with Crippen LogP contribution in [0.1, 0.15) is 25.8 Å². The zero-order chi connectivity index (χ0) is 9.84. The average Bonchev–Trinajstić information content (AvgIpc) is 2.13. The molecule has 1 aromatic heterocycles. The number of hydrogen-bond donors (Lipinski definition) is 0. The molecule has 0 N–H and O–H groups in total. The van der Waals surface area contributed by atoms with Crippen LogP contribution in [0.3, 0.4) is 0 Å². The third kappa shape index (κ3) is 2.44. The molecule has 1 unspecified atom stereocenters. The minimum absolute atomic E-state index is 0.141. The van der Waals surface area contributed by atoms with Gasteiger partial charge in [0.2, 0.25) is 0 Å². The Kier molecular flexibility index (Phi) is 3.29. The zero-order valence-corrected chi connectivity index (χ0v) is 8.58. The lowest BCUT2D eigenvalue weighted by Gasteiger charge is -2.11. The van der Waals surface area contributed by atoms with Crippen molar-refractivity contribution in [1.82, 2.24) is 4.57 Å². The van der Waals surface area contributed by atoms with Gasteiger partial charge in [0.15, 0.2) is 0 Å². The van der Waals surface area contributed by atoms with Crippen LogP contribution in [0.4, 0.5) is 0 Å². The van der Waals surface area contributed by atoms with Crippen molar-refractivity contribution >= 4 is 0 Å². The Morgan fingerprint density at radius 3 is 2.85 bits per heavy atom. The maximum absolute atomic E-state index is 11.6. The average molecular weight is 179 g/mol. The van der Waals surface area contributed by atoms with E-state index in [1.165, 1.54) is 0 Å². The molecule has 2 heteroatoms. The van der Waals surface area contributed by atoms with E-state index in [4.69, 9.17) is 0 Å². The summed E-state index contributed by atoms with van der Waals surface area (Å²) < 4.78 is 1.80. The van der Waals surface area contributed by atoms with Crippen molar-refractivity contribution in [3.8, 4) is 0 Å². The van der Waals surface area contributed by atoms with E-state index in [9.17, 15) is 4.79 Å². The highest BCUT2D eigenvalue weighted by Gasteiger charge is 2.02. The molecule has 0 aliphatic rings. The number of hydrogen-bond acceptors (Lipinski definition) is 1. The largest absolute Gasteiger partial charge is 0.315 e. The molecule has 0 saturated carbocycles. The molecule has 1 heterocycles. The topological polar surface area (TPSA) is 22.0 Å². The molecule has 2 nitrogen and oxygen atoms in total. The Labute approximate surface area is 79.2 Å². The molecular weight excluding hydrogens is 162 g/mol. The van der Waals surface area contributed by atoms with Gasteiger partial charge in [-0.25, -0.2) is 0 Å². The van der Waals surface area contributed by atoms with Crippen LogP contribution < -0.4 is 5.56 Å². The highest BCUT2D eigenvalue weighted by molar-refractivity contribution is 5.07. The van der Waals surface area contributed by atoms with Gasteiger partial charge >= 0.3 is 0 Å². The van der Waals surface area contributed by atoms with Crippen LogP contribution in [0, 0.1) is 12.8 Å². The van der Waals surface area contributed by atoms with E-state index in [0.717, 1.165) is 18.5 Å². The Balaban J connectivity index is 2.89. The summed E-state index contributed by atoms with van der Waals surface area (Å²) in [5.41, 5.74) is 0.966. The maximum Gasteiger partial charge on any atom is 0.253 e. The van der Waals surface area contributed by atoms with Gasteiger partial charge in [-0.05, 0) is 18.9 Å². The van der Waals surface area contributed by atoms with Crippen LogP contribution in [0.2, 0.25) is 0 Å². The smallest absolute Gasteiger partial charge is 0.253 e. The fourth-order valence-corrected chi connectivity index (χ4v) is 1.27. The first-order valence-electron chi connectivity index (χ1n) is 4.81. The predicted molar refractivity (Wildman–Crippen MR) is 54.9 cm³/mol. The second kappa shape index (κ2) is 4.26. The summed E-state index contributed by atoms with van der Waals surface area (Å²) in [5.74, 6) is 0.569. The van der Waals surface area contributed by atoms with E-state index in [1.807, 2.05) is 25.3 Å². The fourth-order valence-electron chi connectivity index (χ4n) is 1.27. The van der Waals surface area contributed by atoms with Gasteiger partial charge in [-0.3, -0.25) is 4.79 Å². The Bertz CT molecular complexity index is 327. The second-order valence-electron chi connectivity index (χ2n) is 3.66. The van der Waals surface area contributed by atoms with E-state index in [1.54, 1.807) is 4.57 Å². The molecule has 1 rings (SSSR count). The Hall–Kier alpha value is -1.05. The lowest BCUT2D eigenvalue weighted by atomic mass is 10.1. The van der Waals surface area contributed by atoms with Gasteiger partial charge in [0.05, 0.1) is 0 Å². The molecule has 0 spiro atoms. The van der Waals surface area contributed by atoms with E-state index < -0.39 is 0 Å². The zero-order valence-electron chi connectivity index (χ0n) is 8.58. The van der Waals surface area contributed by atoms with Gasteiger partial charge in [0.25, 0.3) is 5.56 Å². The van der Waals surface area contributed by atoms with Gasteiger partial charge in [0, 0.05) is 18.3 Å². The molecule has 0 amide bonds. The summed E-state index contributed by atoms with van der Waals surface area (Å²) in [6.07, 6.45) is 2.97. The highest BCUT2D eigenvalue weighted by atomic mass is 16.1. The minimum atomic E-state index is 0.141. The number of aryl methyl sites for hydroxylation is 1. The Morgan fingerprint density at radius 1 is 1.54 bits per heavy atom. The molecule has 0 aromatic carbocycles. The first-order chi connectivity index (χ1) is 6.15. The van der Waals surface area contributed by atoms with Gasteiger partial charge < -0.3 is 4.57 Å². The summed E-state index contributed by atoms with van der Waals surface area (Å²) in [5, 5.41) is 0. The highest BCUT2D eigenvalue weighted by Crippen LogP contribution is 2.03. The van der Waals surface area contributed by atoms with E-state index in [2.05, 4.69) is 13.8 Å². The number of aromatic nitrogens is 1. The van der Waals surface area contributed by atoms with Crippen LogP contribution in [0.5, 0.6) is 0 Å². The predicted octanol–water partition coefficient (Wildman–Crippen LogP) is 2.20. The van der Waals surface area contributed by atoms with Gasteiger partial charge in [-0.2, -0.15) is 0 Å². The molecule has 0 aliphatic carbocycles. The van der Waals surface area contributed by atoms with E-state index in [-0.39, 0.29) is 5.56 Å². The molecule has 72 valence electrons. The van der Waals surface area contributed by atoms with Crippen LogP contribution in [-0.2, 0) is 6.54 Å². The minimum Gasteiger partial charge on any atom is -0.315 e. The van der Waals surface area contributed by atoms with Gasteiger partial charge in [-0.15, -0.1) is 0 Å². The summed E-state index contributed by atoms with van der Waals surface area (Å²) in [7, 11) is 0.